The average Bonchev–Trinajstić information content (AvgIpc) is 3.23. The summed E-state index contributed by atoms with van der Waals surface area (Å²) >= 11 is 2.86. The van der Waals surface area contributed by atoms with Crippen LogP contribution in [0, 0.1) is 12.8 Å². The van der Waals surface area contributed by atoms with Crippen molar-refractivity contribution < 1.29 is 23.9 Å². The van der Waals surface area contributed by atoms with Gasteiger partial charge in [0.1, 0.15) is 5.00 Å². The fourth-order valence-electron chi connectivity index (χ4n) is 3.40. The Balaban J connectivity index is 1.70. The smallest absolute Gasteiger partial charge is 0.341 e. The fraction of sp³-hybridized carbons (Fsp3) is 0.524. The summed E-state index contributed by atoms with van der Waals surface area (Å²) < 4.78 is 10.5. The quantitative estimate of drug-likeness (QED) is 0.643. The van der Waals surface area contributed by atoms with Gasteiger partial charge in [0.25, 0.3) is 5.91 Å². The number of carbonyl (C=O) groups excluding carboxylic acids is 3. The van der Waals surface area contributed by atoms with Gasteiger partial charge < -0.3 is 14.8 Å². The zero-order chi connectivity index (χ0) is 21.8. The van der Waals surface area contributed by atoms with Crippen molar-refractivity contribution in [1.82, 2.24) is 4.98 Å². The maximum Gasteiger partial charge on any atom is 0.341 e. The molecule has 7 nitrogen and oxygen atoms in total. The highest BCUT2D eigenvalue weighted by Gasteiger charge is 2.30. The second-order valence-electron chi connectivity index (χ2n) is 7.43. The summed E-state index contributed by atoms with van der Waals surface area (Å²) in [6, 6.07) is 0. The molecule has 2 atom stereocenters. The van der Waals surface area contributed by atoms with Crippen molar-refractivity contribution in [1.29, 1.82) is 0 Å². The number of hydrogen-bond acceptors (Lipinski definition) is 8. The van der Waals surface area contributed by atoms with Gasteiger partial charge in [-0.3, -0.25) is 9.59 Å². The molecule has 0 saturated heterocycles. The number of nitrogens with one attached hydrogen (secondary N) is 1. The van der Waals surface area contributed by atoms with Crippen LogP contribution >= 0.6 is 22.7 Å². The van der Waals surface area contributed by atoms with E-state index in [9.17, 15) is 14.4 Å². The summed E-state index contributed by atoms with van der Waals surface area (Å²) in [4.78, 5) is 42.7. The summed E-state index contributed by atoms with van der Waals surface area (Å²) in [6.07, 6.45) is 1.67. The van der Waals surface area contributed by atoms with E-state index in [4.69, 9.17) is 9.47 Å². The number of hydrogen-bond donors (Lipinski definition) is 1. The third kappa shape index (κ3) is 5.26. The molecule has 0 radical (unpaired) electrons. The number of esters is 2. The number of carbonyl (C=O) groups is 3. The van der Waals surface area contributed by atoms with Gasteiger partial charge in [-0.2, -0.15) is 0 Å². The topological polar surface area (TPSA) is 94.6 Å². The Morgan fingerprint density at radius 1 is 1.37 bits per heavy atom. The van der Waals surface area contributed by atoms with Crippen LogP contribution in [0.4, 0.5) is 5.00 Å². The molecule has 2 aromatic rings. The first-order chi connectivity index (χ1) is 14.3. The molecule has 0 spiro atoms. The molecule has 2 aromatic heterocycles. The molecule has 1 aliphatic rings. The number of ether oxygens (including phenoxy) is 2. The summed E-state index contributed by atoms with van der Waals surface area (Å²) in [5.74, 6) is -0.893. The fourth-order valence-corrected chi connectivity index (χ4v) is 5.42. The van der Waals surface area contributed by atoms with Crippen molar-refractivity contribution in [2.45, 2.75) is 59.5 Å². The standard InChI is InChI=1S/C21H26N2O5S2/c1-5-27-21(26)18-15-7-6-11(2)8-16(15)30-20(18)23-19(25)12(3)28-17(24)9-14-10-29-13(4)22-14/h10-12H,5-9H2,1-4H3,(H,23,25)/t11-,12+/m1/s1. The minimum absolute atomic E-state index is 0.0151. The molecule has 3 rings (SSSR count). The number of amides is 1. The lowest BCUT2D eigenvalue weighted by Gasteiger charge is -2.18. The number of thiazole rings is 1. The zero-order valence-corrected chi connectivity index (χ0v) is 19.2. The van der Waals surface area contributed by atoms with Crippen LogP contribution in [-0.4, -0.2) is 35.5 Å². The number of rotatable bonds is 7. The van der Waals surface area contributed by atoms with E-state index in [1.54, 1.807) is 12.3 Å². The molecule has 0 fully saturated rings. The van der Waals surface area contributed by atoms with E-state index in [1.807, 2.05) is 6.92 Å². The molecular weight excluding hydrogens is 424 g/mol. The SMILES string of the molecule is CCOC(=O)c1c(NC(=O)[C@H](C)OC(=O)Cc2csc(C)n2)sc2c1CC[C@@H](C)C2. The van der Waals surface area contributed by atoms with Gasteiger partial charge in [-0.15, -0.1) is 22.7 Å². The van der Waals surface area contributed by atoms with E-state index < -0.39 is 23.9 Å². The number of aromatic nitrogens is 1. The highest BCUT2D eigenvalue weighted by Crippen LogP contribution is 2.40. The second-order valence-corrected chi connectivity index (χ2v) is 9.60. The molecule has 0 bridgehead atoms. The van der Waals surface area contributed by atoms with Gasteiger partial charge in [0.2, 0.25) is 0 Å². The molecule has 1 amide bonds. The zero-order valence-electron chi connectivity index (χ0n) is 17.6. The van der Waals surface area contributed by atoms with Gasteiger partial charge >= 0.3 is 11.9 Å². The summed E-state index contributed by atoms with van der Waals surface area (Å²) in [5.41, 5.74) is 2.03. The lowest BCUT2D eigenvalue weighted by Crippen LogP contribution is -2.30. The van der Waals surface area contributed by atoms with Gasteiger partial charge in [0.05, 0.1) is 29.3 Å². The molecule has 0 saturated carbocycles. The van der Waals surface area contributed by atoms with Crippen LogP contribution in [0.5, 0.6) is 0 Å². The van der Waals surface area contributed by atoms with Gasteiger partial charge in [-0.1, -0.05) is 6.92 Å². The Kier molecular flexibility index (Phi) is 7.25. The van der Waals surface area contributed by atoms with Crippen LogP contribution in [0.15, 0.2) is 5.38 Å². The Labute approximate surface area is 183 Å². The van der Waals surface area contributed by atoms with Crippen molar-refractivity contribution >= 4 is 45.5 Å². The van der Waals surface area contributed by atoms with E-state index in [1.165, 1.54) is 29.6 Å². The van der Waals surface area contributed by atoms with Crippen molar-refractivity contribution in [3.05, 3.63) is 32.1 Å². The van der Waals surface area contributed by atoms with Gasteiger partial charge in [-0.05, 0) is 51.5 Å². The Morgan fingerprint density at radius 2 is 2.13 bits per heavy atom. The maximum atomic E-state index is 12.7. The highest BCUT2D eigenvalue weighted by atomic mass is 32.1. The van der Waals surface area contributed by atoms with E-state index >= 15 is 0 Å². The molecular formula is C21H26N2O5S2. The largest absolute Gasteiger partial charge is 0.462 e. The minimum atomic E-state index is -0.995. The van der Waals surface area contributed by atoms with Crippen LogP contribution in [0.25, 0.3) is 0 Å². The molecule has 162 valence electrons. The van der Waals surface area contributed by atoms with Crippen LogP contribution in [-0.2, 0) is 38.3 Å². The van der Waals surface area contributed by atoms with E-state index in [0.29, 0.717) is 22.2 Å². The highest BCUT2D eigenvalue weighted by molar-refractivity contribution is 7.17. The molecule has 30 heavy (non-hydrogen) atoms. The first kappa shape index (κ1) is 22.4. The number of anilines is 1. The van der Waals surface area contributed by atoms with Gasteiger partial charge in [-0.25, -0.2) is 9.78 Å². The van der Waals surface area contributed by atoms with Crippen molar-refractivity contribution in [2.24, 2.45) is 5.92 Å². The van der Waals surface area contributed by atoms with Crippen LogP contribution in [0.3, 0.4) is 0 Å². The number of aryl methyl sites for hydroxylation is 1. The predicted molar refractivity (Wildman–Crippen MR) is 116 cm³/mol. The Hall–Kier alpha value is -2.26. The monoisotopic (exact) mass is 450 g/mol. The minimum Gasteiger partial charge on any atom is -0.462 e. The molecule has 9 heteroatoms. The summed E-state index contributed by atoms with van der Waals surface area (Å²) in [6.45, 7) is 7.56. The first-order valence-electron chi connectivity index (χ1n) is 10.0. The number of fused-ring (bicyclic) bond motifs is 1. The lowest BCUT2D eigenvalue weighted by molar-refractivity contribution is -0.152. The normalized spacial score (nSPS) is 16.5. The maximum absolute atomic E-state index is 12.7. The Morgan fingerprint density at radius 3 is 2.80 bits per heavy atom. The van der Waals surface area contributed by atoms with Crippen LogP contribution in [0.1, 0.15) is 58.7 Å². The average molecular weight is 451 g/mol. The lowest BCUT2D eigenvalue weighted by atomic mass is 9.88. The summed E-state index contributed by atoms with van der Waals surface area (Å²) in [5, 5.41) is 5.91. The van der Waals surface area contributed by atoms with Crippen LogP contribution in [0.2, 0.25) is 0 Å². The first-order valence-corrected chi connectivity index (χ1v) is 11.7. The van der Waals surface area contributed by atoms with E-state index in [0.717, 1.165) is 34.7 Å². The molecule has 1 N–H and O–H groups in total. The third-order valence-electron chi connectivity index (χ3n) is 4.90. The number of nitrogens with zero attached hydrogens (tertiary/aromatic N) is 1. The van der Waals surface area contributed by atoms with Gasteiger partial charge in [0.15, 0.2) is 6.10 Å². The molecule has 0 aliphatic heterocycles. The number of thiophene rings is 1. The van der Waals surface area contributed by atoms with E-state index in [2.05, 4.69) is 17.2 Å². The van der Waals surface area contributed by atoms with Crippen LogP contribution < -0.4 is 5.32 Å². The molecule has 0 unspecified atom stereocenters. The molecule has 2 heterocycles. The van der Waals surface area contributed by atoms with Crippen molar-refractivity contribution in [3.8, 4) is 0 Å². The third-order valence-corrected chi connectivity index (χ3v) is 6.89. The van der Waals surface area contributed by atoms with Gasteiger partial charge in [0, 0.05) is 10.3 Å². The predicted octanol–water partition coefficient (Wildman–Crippen LogP) is 3.93. The van der Waals surface area contributed by atoms with Crippen molar-refractivity contribution in [3.63, 3.8) is 0 Å². The van der Waals surface area contributed by atoms with Crippen molar-refractivity contribution in [2.75, 3.05) is 11.9 Å². The van der Waals surface area contributed by atoms with E-state index in [-0.39, 0.29) is 13.0 Å². The Bertz CT molecular complexity index is 949. The second kappa shape index (κ2) is 9.70. The summed E-state index contributed by atoms with van der Waals surface area (Å²) in [7, 11) is 0. The molecule has 0 aromatic carbocycles. The molecule has 1 aliphatic carbocycles.